The Bertz CT molecular complexity index is 558. The molecule has 0 radical (unpaired) electrons. The SMILES string of the molecule is CC(C)C(NC(=O)c1cccc(C(F)(F)F)c1F)C(N)=S. The highest BCUT2D eigenvalue weighted by molar-refractivity contribution is 7.80. The number of hydrogen-bond donors (Lipinski definition) is 2. The minimum atomic E-state index is -4.87. The molecule has 8 heteroatoms. The molecule has 0 spiro atoms. The van der Waals surface area contributed by atoms with Crippen LogP contribution in [0.25, 0.3) is 0 Å². The van der Waals surface area contributed by atoms with E-state index in [9.17, 15) is 22.4 Å². The summed E-state index contributed by atoms with van der Waals surface area (Å²) in [4.78, 5) is 11.9. The molecule has 1 aromatic rings. The second-order valence-electron chi connectivity index (χ2n) is 4.76. The van der Waals surface area contributed by atoms with Gasteiger partial charge >= 0.3 is 6.18 Å². The quantitative estimate of drug-likeness (QED) is 0.662. The fourth-order valence-corrected chi connectivity index (χ4v) is 2.04. The fraction of sp³-hybridized carbons (Fsp3) is 0.385. The number of halogens is 4. The van der Waals surface area contributed by atoms with Crippen molar-refractivity contribution in [3.05, 3.63) is 35.1 Å². The van der Waals surface area contributed by atoms with Gasteiger partial charge in [0, 0.05) is 0 Å². The summed E-state index contributed by atoms with van der Waals surface area (Å²) in [5.41, 5.74) is 3.25. The van der Waals surface area contributed by atoms with E-state index in [-0.39, 0.29) is 10.9 Å². The minimum absolute atomic E-state index is 0.0225. The van der Waals surface area contributed by atoms with Gasteiger partial charge in [-0.1, -0.05) is 32.1 Å². The summed E-state index contributed by atoms with van der Waals surface area (Å²) < 4.78 is 51.6. The number of carbonyl (C=O) groups excluding carboxylic acids is 1. The van der Waals surface area contributed by atoms with Crippen molar-refractivity contribution in [2.45, 2.75) is 26.1 Å². The number of hydrogen-bond acceptors (Lipinski definition) is 2. The molecule has 1 aromatic carbocycles. The lowest BCUT2D eigenvalue weighted by Crippen LogP contribution is -2.47. The summed E-state index contributed by atoms with van der Waals surface area (Å²) in [6.45, 7) is 3.43. The second kappa shape index (κ2) is 6.38. The Kier molecular flexibility index (Phi) is 5.27. The van der Waals surface area contributed by atoms with Gasteiger partial charge in [0.2, 0.25) is 0 Å². The molecule has 0 aliphatic heterocycles. The molecule has 0 saturated carbocycles. The highest BCUT2D eigenvalue weighted by atomic mass is 32.1. The number of thiocarbonyl (C=S) groups is 1. The second-order valence-corrected chi connectivity index (χ2v) is 5.23. The first kappa shape index (κ1) is 17.4. The predicted molar refractivity (Wildman–Crippen MR) is 74.3 cm³/mol. The van der Waals surface area contributed by atoms with E-state index in [4.69, 9.17) is 18.0 Å². The zero-order valence-electron chi connectivity index (χ0n) is 11.3. The molecule has 0 bridgehead atoms. The largest absolute Gasteiger partial charge is 0.419 e. The summed E-state index contributed by atoms with van der Waals surface area (Å²) in [5.74, 6) is -2.79. The first-order valence-electron chi connectivity index (χ1n) is 6.01. The molecule has 1 rings (SSSR count). The standard InChI is InChI=1S/C13H14F4N2OS/c1-6(2)10(11(18)21)19-12(20)7-4-3-5-8(9(7)14)13(15,16)17/h3-6,10H,1-2H3,(H2,18,21)(H,19,20). The number of nitrogens with one attached hydrogen (secondary N) is 1. The fourth-order valence-electron chi connectivity index (χ4n) is 1.71. The van der Waals surface area contributed by atoms with Gasteiger partial charge in [-0.2, -0.15) is 13.2 Å². The van der Waals surface area contributed by atoms with Crippen LogP contribution in [0.4, 0.5) is 17.6 Å². The van der Waals surface area contributed by atoms with Crippen LogP contribution in [0.15, 0.2) is 18.2 Å². The maximum atomic E-state index is 13.8. The lowest BCUT2D eigenvalue weighted by molar-refractivity contribution is -0.140. The summed E-state index contributed by atoms with van der Waals surface area (Å²) in [6, 6.07) is 1.77. The van der Waals surface area contributed by atoms with Crippen LogP contribution in [-0.2, 0) is 6.18 Å². The van der Waals surface area contributed by atoms with Crippen molar-refractivity contribution in [2.75, 3.05) is 0 Å². The van der Waals surface area contributed by atoms with E-state index in [2.05, 4.69) is 5.32 Å². The van der Waals surface area contributed by atoms with Crippen LogP contribution in [0.5, 0.6) is 0 Å². The Morgan fingerprint density at radius 1 is 1.33 bits per heavy atom. The van der Waals surface area contributed by atoms with E-state index < -0.39 is 35.1 Å². The number of amides is 1. The van der Waals surface area contributed by atoms with E-state index in [1.54, 1.807) is 13.8 Å². The van der Waals surface area contributed by atoms with Crippen LogP contribution in [0.2, 0.25) is 0 Å². The molecular formula is C13H14F4N2OS. The molecule has 0 saturated heterocycles. The molecule has 116 valence electrons. The molecule has 3 nitrogen and oxygen atoms in total. The van der Waals surface area contributed by atoms with E-state index in [1.807, 2.05) is 0 Å². The molecule has 1 amide bonds. The number of alkyl halides is 3. The normalized spacial score (nSPS) is 13.1. The maximum absolute atomic E-state index is 13.8. The van der Waals surface area contributed by atoms with Gasteiger partial charge in [-0.25, -0.2) is 4.39 Å². The van der Waals surface area contributed by atoms with Crippen molar-refractivity contribution in [3.8, 4) is 0 Å². The molecule has 0 aliphatic rings. The van der Waals surface area contributed by atoms with Crippen LogP contribution in [-0.4, -0.2) is 16.9 Å². The van der Waals surface area contributed by atoms with Gasteiger partial charge in [-0.15, -0.1) is 0 Å². The topological polar surface area (TPSA) is 55.1 Å². The molecule has 0 aliphatic carbocycles. The van der Waals surface area contributed by atoms with Crippen LogP contribution in [0.3, 0.4) is 0 Å². The number of carbonyl (C=O) groups is 1. The third kappa shape index (κ3) is 4.13. The van der Waals surface area contributed by atoms with E-state index in [0.29, 0.717) is 6.07 Å². The van der Waals surface area contributed by atoms with Crippen molar-refractivity contribution >= 4 is 23.1 Å². The minimum Gasteiger partial charge on any atom is -0.392 e. The number of nitrogens with two attached hydrogens (primary N) is 1. The first-order valence-corrected chi connectivity index (χ1v) is 6.42. The average molecular weight is 322 g/mol. The van der Waals surface area contributed by atoms with Crippen molar-refractivity contribution < 1.29 is 22.4 Å². The lowest BCUT2D eigenvalue weighted by atomic mass is 10.0. The van der Waals surface area contributed by atoms with Crippen molar-refractivity contribution in [1.82, 2.24) is 5.32 Å². The van der Waals surface area contributed by atoms with Gasteiger partial charge in [-0.3, -0.25) is 4.79 Å². The molecule has 1 atom stereocenters. The van der Waals surface area contributed by atoms with E-state index in [0.717, 1.165) is 12.1 Å². The van der Waals surface area contributed by atoms with Gasteiger partial charge in [0.25, 0.3) is 5.91 Å². The van der Waals surface area contributed by atoms with Gasteiger partial charge in [0.1, 0.15) is 5.82 Å². The Morgan fingerprint density at radius 3 is 2.33 bits per heavy atom. The predicted octanol–water partition coefficient (Wildman–Crippen LogP) is 2.89. The lowest BCUT2D eigenvalue weighted by Gasteiger charge is -2.21. The zero-order chi connectivity index (χ0) is 16.4. The molecule has 0 aromatic heterocycles. The summed E-state index contributed by atoms with van der Waals surface area (Å²) >= 11 is 4.77. The summed E-state index contributed by atoms with van der Waals surface area (Å²) in [5, 5.41) is 2.34. The number of rotatable bonds is 4. The Morgan fingerprint density at radius 2 is 1.90 bits per heavy atom. The van der Waals surface area contributed by atoms with Crippen molar-refractivity contribution in [1.29, 1.82) is 0 Å². The molecule has 0 heterocycles. The maximum Gasteiger partial charge on any atom is 0.419 e. The molecule has 21 heavy (non-hydrogen) atoms. The Hall–Kier alpha value is -1.70. The van der Waals surface area contributed by atoms with Crippen molar-refractivity contribution in [2.24, 2.45) is 11.7 Å². The summed E-state index contributed by atoms with van der Waals surface area (Å²) in [6.07, 6.45) is -4.87. The monoisotopic (exact) mass is 322 g/mol. The van der Waals surface area contributed by atoms with Crippen LogP contribution in [0.1, 0.15) is 29.8 Å². The van der Waals surface area contributed by atoms with E-state index in [1.165, 1.54) is 0 Å². The zero-order valence-corrected chi connectivity index (χ0v) is 12.1. The smallest absolute Gasteiger partial charge is 0.392 e. The van der Waals surface area contributed by atoms with Gasteiger partial charge in [-0.05, 0) is 18.1 Å². The van der Waals surface area contributed by atoms with Crippen molar-refractivity contribution in [3.63, 3.8) is 0 Å². The summed E-state index contributed by atoms with van der Waals surface area (Å²) in [7, 11) is 0. The Labute approximate surface area is 124 Å². The molecule has 1 unspecified atom stereocenters. The number of benzene rings is 1. The van der Waals surface area contributed by atoms with E-state index >= 15 is 0 Å². The van der Waals surface area contributed by atoms with Crippen LogP contribution < -0.4 is 11.1 Å². The molecular weight excluding hydrogens is 308 g/mol. The van der Waals surface area contributed by atoms with Gasteiger partial charge in [0.05, 0.1) is 22.2 Å². The highest BCUT2D eigenvalue weighted by Gasteiger charge is 2.36. The average Bonchev–Trinajstić information content (AvgIpc) is 2.33. The van der Waals surface area contributed by atoms with Crippen LogP contribution in [0, 0.1) is 11.7 Å². The highest BCUT2D eigenvalue weighted by Crippen LogP contribution is 2.32. The molecule has 0 fully saturated rings. The Balaban J connectivity index is 3.12. The third-order valence-corrected chi connectivity index (χ3v) is 3.06. The van der Waals surface area contributed by atoms with Crippen LogP contribution >= 0.6 is 12.2 Å². The van der Waals surface area contributed by atoms with Gasteiger partial charge < -0.3 is 11.1 Å². The third-order valence-electron chi connectivity index (χ3n) is 2.81. The first-order chi connectivity index (χ1) is 9.55. The van der Waals surface area contributed by atoms with Gasteiger partial charge in [0.15, 0.2) is 0 Å². The molecule has 3 N–H and O–H groups in total.